The summed E-state index contributed by atoms with van der Waals surface area (Å²) in [6.07, 6.45) is -2.06. The number of nitrogens with one attached hydrogen (secondary N) is 1. The average molecular weight is 522 g/mol. The first-order valence-electron chi connectivity index (χ1n) is 11.0. The molecule has 0 unspecified atom stereocenters. The molecule has 184 valence electrons. The number of pyridine rings is 1. The molecular weight excluding hydrogens is 506 g/mol. The first kappa shape index (κ1) is 25.2. The molecule has 3 aromatic heterocycles. The summed E-state index contributed by atoms with van der Waals surface area (Å²) in [6.45, 7) is 2.03. The van der Waals surface area contributed by atoms with Gasteiger partial charge in [-0.2, -0.15) is 13.2 Å². The molecule has 0 spiro atoms. The number of alkyl halides is 3. The third-order valence-corrected chi connectivity index (χ3v) is 6.45. The number of rotatable bonds is 5. The fraction of sp³-hybridized carbons (Fsp3) is 0.217. The highest BCUT2D eigenvalue weighted by molar-refractivity contribution is 7.13. The van der Waals surface area contributed by atoms with Crippen molar-refractivity contribution in [3.05, 3.63) is 53.4 Å². The minimum absolute atomic E-state index is 0.0511. The van der Waals surface area contributed by atoms with Crippen LogP contribution in [-0.2, 0) is 10.9 Å². The molecule has 4 aromatic rings. The van der Waals surface area contributed by atoms with Crippen LogP contribution in [0.25, 0.3) is 22.2 Å². The fourth-order valence-corrected chi connectivity index (χ4v) is 4.49. The normalized spacial score (nSPS) is 14.1. The molecule has 1 N–H and O–H groups in total. The number of benzene rings is 1. The first-order valence-corrected chi connectivity index (χ1v) is 11.9. The van der Waals surface area contributed by atoms with Gasteiger partial charge in [0.1, 0.15) is 21.4 Å². The number of halogens is 4. The zero-order valence-electron chi connectivity index (χ0n) is 19.1. The van der Waals surface area contributed by atoms with Gasteiger partial charge in [0.05, 0.1) is 42.6 Å². The summed E-state index contributed by atoms with van der Waals surface area (Å²) in [6, 6.07) is 5.24. The Morgan fingerprint density at radius 1 is 0.973 bits per heavy atom. The fourth-order valence-electron chi connectivity index (χ4n) is 3.74. The van der Waals surface area contributed by atoms with Crippen molar-refractivity contribution in [3.8, 4) is 22.2 Å². The third kappa shape index (κ3) is 5.30. The zero-order chi connectivity index (χ0) is 26.2. The van der Waals surface area contributed by atoms with Crippen molar-refractivity contribution in [1.82, 2.24) is 19.9 Å². The van der Waals surface area contributed by atoms with Crippen LogP contribution in [-0.4, -0.2) is 61.9 Å². The smallest absolute Gasteiger partial charge is 0.378 e. The van der Waals surface area contributed by atoms with Crippen LogP contribution in [0.5, 0.6) is 0 Å². The molecule has 0 saturated carbocycles. The molecule has 0 bridgehead atoms. The first-order chi connectivity index (χ1) is 17.7. The summed E-state index contributed by atoms with van der Waals surface area (Å²) >= 11 is 1.28. The second kappa shape index (κ2) is 10.1. The van der Waals surface area contributed by atoms with E-state index in [2.05, 4.69) is 25.3 Å². The Labute approximate surface area is 215 Å². The number of hydrogen-bond acceptors (Lipinski definition) is 8. The van der Waals surface area contributed by atoms with E-state index in [4.69, 9.17) is 20.4 Å². The van der Waals surface area contributed by atoms with Gasteiger partial charge in [-0.15, -0.1) is 11.3 Å². The lowest BCUT2D eigenvalue weighted by Gasteiger charge is -2.27. The topological polar surface area (TPSA) is 76.1 Å². The molecule has 1 saturated heterocycles. The lowest BCUT2D eigenvalue weighted by Crippen LogP contribution is -2.37. The van der Waals surface area contributed by atoms with Crippen molar-refractivity contribution in [3.63, 3.8) is 0 Å². The number of anilines is 3. The van der Waals surface area contributed by atoms with Gasteiger partial charge in [-0.25, -0.2) is 19.3 Å². The van der Waals surface area contributed by atoms with Crippen LogP contribution in [0.4, 0.5) is 34.8 Å². The molecular formula is C23H16B2F4N6OS. The Morgan fingerprint density at radius 2 is 1.76 bits per heavy atom. The number of morpholine rings is 1. The number of hydrogen-bond donors (Lipinski definition) is 1. The minimum Gasteiger partial charge on any atom is -0.378 e. The summed E-state index contributed by atoms with van der Waals surface area (Å²) in [5.74, 6) is -0.0334. The molecule has 4 radical (unpaired) electrons. The highest BCUT2D eigenvalue weighted by Gasteiger charge is 2.33. The van der Waals surface area contributed by atoms with Crippen molar-refractivity contribution >= 4 is 55.1 Å². The maximum absolute atomic E-state index is 14.4. The molecule has 14 heteroatoms. The van der Waals surface area contributed by atoms with E-state index >= 15 is 0 Å². The Kier molecular flexibility index (Phi) is 6.86. The van der Waals surface area contributed by atoms with Crippen LogP contribution in [0.15, 0.2) is 42.0 Å². The summed E-state index contributed by atoms with van der Waals surface area (Å²) < 4.78 is 59.3. The van der Waals surface area contributed by atoms with Crippen LogP contribution in [0.1, 0.15) is 5.56 Å². The van der Waals surface area contributed by atoms with Crippen LogP contribution < -0.4 is 21.1 Å². The molecule has 1 aromatic carbocycles. The summed E-state index contributed by atoms with van der Waals surface area (Å²) in [4.78, 5) is 19.1. The predicted molar refractivity (Wildman–Crippen MR) is 135 cm³/mol. The van der Waals surface area contributed by atoms with Crippen molar-refractivity contribution in [2.45, 2.75) is 6.18 Å². The van der Waals surface area contributed by atoms with Gasteiger partial charge < -0.3 is 15.0 Å². The maximum Gasteiger partial charge on any atom is 0.415 e. The van der Waals surface area contributed by atoms with Gasteiger partial charge in [-0.1, -0.05) is 23.1 Å². The van der Waals surface area contributed by atoms with Crippen molar-refractivity contribution in [2.24, 2.45) is 0 Å². The molecule has 0 aliphatic carbocycles. The van der Waals surface area contributed by atoms with Crippen LogP contribution in [0.3, 0.4) is 0 Å². The second-order valence-electron chi connectivity index (χ2n) is 8.05. The van der Waals surface area contributed by atoms with Gasteiger partial charge in [-0.3, -0.25) is 4.98 Å². The van der Waals surface area contributed by atoms with Crippen LogP contribution >= 0.6 is 11.3 Å². The zero-order valence-corrected chi connectivity index (χ0v) is 19.9. The molecule has 37 heavy (non-hydrogen) atoms. The second-order valence-corrected chi connectivity index (χ2v) is 8.91. The van der Waals surface area contributed by atoms with Gasteiger partial charge in [0.2, 0.25) is 0 Å². The minimum atomic E-state index is -4.62. The van der Waals surface area contributed by atoms with Crippen molar-refractivity contribution in [1.29, 1.82) is 0 Å². The van der Waals surface area contributed by atoms with E-state index in [-0.39, 0.29) is 22.8 Å². The molecule has 1 aliphatic rings. The number of nitrogens with zero attached hydrogens (tertiary/aromatic N) is 5. The Morgan fingerprint density at radius 3 is 2.46 bits per heavy atom. The lowest BCUT2D eigenvalue weighted by atomic mass is 9.81. The van der Waals surface area contributed by atoms with E-state index in [0.717, 1.165) is 18.3 Å². The Bertz CT molecular complexity index is 1430. The van der Waals surface area contributed by atoms with Gasteiger partial charge in [-0.05, 0) is 12.1 Å². The molecule has 1 aliphatic heterocycles. The summed E-state index contributed by atoms with van der Waals surface area (Å²) in [5.41, 5.74) is -0.0488. The largest absolute Gasteiger partial charge is 0.415 e. The standard InChI is InChI=1S/C23H16B2F4N6OS/c24-14-3-2-13(23(27,28)29)18(25)19(14)32-12-1-4-16(30-9-12)17-11-37-22(33-17)20-31-10-15(26)21(34-20)35-5-7-36-8-6-35/h1-4,9-11,32H,5-8H2. The van der Waals surface area contributed by atoms with Crippen LogP contribution in [0.2, 0.25) is 0 Å². The highest BCUT2D eigenvalue weighted by Crippen LogP contribution is 2.30. The molecule has 0 atom stereocenters. The van der Waals surface area contributed by atoms with Crippen molar-refractivity contribution < 1.29 is 22.3 Å². The number of ether oxygens (including phenoxy) is 1. The molecule has 0 amide bonds. The Balaban J connectivity index is 1.36. The number of aromatic nitrogens is 4. The van der Waals surface area contributed by atoms with E-state index in [9.17, 15) is 17.6 Å². The summed E-state index contributed by atoms with van der Waals surface area (Å²) in [7, 11) is 11.6. The Hall–Kier alpha value is -3.51. The molecule has 1 fully saturated rings. The van der Waals surface area contributed by atoms with E-state index in [0.29, 0.717) is 48.4 Å². The predicted octanol–water partition coefficient (Wildman–Crippen LogP) is 2.99. The SMILES string of the molecule is [B]c1ccc(C(F)(F)F)c([B])c1Nc1ccc(-c2csc(-c3ncc(F)c(N4CCOCC4)n3)n2)nc1. The molecule has 4 heterocycles. The number of thiazole rings is 1. The van der Waals surface area contributed by atoms with E-state index in [1.807, 2.05) is 0 Å². The molecule has 5 rings (SSSR count). The maximum atomic E-state index is 14.4. The highest BCUT2D eigenvalue weighted by atomic mass is 32.1. The van der Waals surface area contributed by atoms with Crippen molar-refractivity contribution in [2.75, 3.05) is 36.5 Å². The third-order valence-electron chi connectivity index (χ3n) is 5.61. The summed E-state index contributed by atoms with van der Waals surface area (Å²) in [5, 5.41) is 5.05. The van der Waals surface area contributed by atoms with Gasteiger partial charge in [0, 0.05) is 24.2 Å². The lowest BCUT2D eigenvalue weighted by molar-refractivity contribution is -0.136. The van der Waals surface area contributed by atoms with E-state index in [1.165, 1.54) is 17.5 Å². The van der Waals surface area contributed by atoms with Gasteiger partial charge in [0.15, 0.2) is 22.5 Å². The van der Waals surface area contributed by atoms with Gasteiger partial charge >= 0.3 is 6.18 Å². The van der Waals surface area contributed by atoms with E-state index < -0.39 is 23.0 Å². The quantitative estimate of drug-likeness (QED) is 0.319. The monoisotopic (exact) mass is 522 g/mol. The molecule has 7 nitrogen and oxygen atoms in total. The van der Waals surface area contributed by atoms with E-state index in [1.54, 1.807) is 22.4 Å². The van der Waals surface area contributed by atoms with Crippen LogP contribution in [0, 0.1) is 5.82 Å². The van der Waals surface area contributed by atoms with Gasteiger partial charge in [0.25, 0.3) is 0 Å². The average Bonchev–Trinajstić information content (AvgIpc) is 3.37.